The van der Waals surface area contributed by atoms with Crippen LogP contribution in [0, 0.1) is 5.92 Å². The lowest BCUT2D eigenvalue weighted by Gasteiger charge is -2.19. The molecule has 28 heavy (non-hydrogen) atoms. The molecule has 0 fully saturated rings. The van der Waals surface area contributed by atoms with Crippen molar-refractivity contribution in [2.24, 2.45) is 18.7 Å². The zero-order valence-electron chi connectivity index (χ0n) is 16.1. The minimum Gasteiger partial charge on any atom is -0.368 e. The van der Waals surface area contributed by atoms with Gasteiger partial charge in [-0.3, -0.25) is 4.79 Å². The lowest BCUT2D eigenvalue weighted by Crippen LogP contribution is -2.19. The third-order valence-electron chi connectivity index (χ3n) is 5.40. The van der Waals surface area contributed by atoms with Crippen molar-refractivity contribution < 1.29 is 4.79 Å². The molecular weight excluding hydrogens is 388 g/mol. The smallest absolute Gasteiger partial charge is 0.235 e. The molecule has 1 aromatic carbocycles. The van der Waals surface area contributed by atoms with Crippen molar-refractivity contribution in [3.05, 3.63) is 52.4 Å². The number of nitrogens with two attached hydrogens (primary N) is 1. The van der Waals surface area contributed by atoms with Gasteiger partial charge in [0.15, 0.2) is 11.0 Å². The van der Waals surface area contributed by atoms with Crippen molar-refractivity contribution in [3.63, 3.8) is 0 Å². The molecule has 2 heterocycles. The zero-order valence-corrected chi connectivity index (χ0v) is 17.7. The van der Waals surface area contributed by atoms with E-state index in [4.69, 9.17) is 5.73 Å². The number of rotatable bonds is 6. The molecule has 0 spiro atoms. The first kappa shape index (κ1) is 19.2. The molecule has 1 aliphatic rings. The van der Waals surface area contributed by atoms with Crippen molar-refractivity contribution in [3.8, 4) is 10.7 Å². The summed E-state index contributed by atoms with van der Waals surface area (Å²) >= 11 is 3.18. The Kier molecular flexibility index (Phi) is 5.55. The van der Waals surface area contributed by atoms with Gasteiger partial charge >= 0.3 is 0 Å². The summed E-state index contributed by atoms with van der Waals surface area (Å²) in [6, 6.07) is 11.9. The van der Waals surface area contributed by atoms with Gasteiger partial charge in [-0.05, 0) is 42.4 Å². The molecule has 4 rings (SSSR count). The molecule has 2 aromatic heterocycles. The van der Waals surface area contributed by atoms with E-state index < -0.39 is 5.25 Å². The van der Waals surface area contributed by atoms with E-state index in [0.717, 1.165) is 28.6 Å². The first-order valence-electron chi connectivity index (χ1n) is 9.59. The van der Waals surface area contributed by atoms with Gasteiger partial charge < -0.3 is 10.3 Å². The molecule has 2 N–H and O–H groups in total. The molecule has 3 aromatic rings. The molecule has 2 unspecified atom stereocenters. The Morgan fingerprint density at radius 1 is 1.36 bits per heavy atom. The van der Waals surface area contributed by atoms with Gasteiger partial charge in [0, 0.05) is 11.9 Å². The maximum absolute atomic E-state index is 12.0. The van der Waals surface area contributed by atoms with Crippen LogP contribution < -0.4 is 5.73 Å². The monoisotopic (exact) mass is 412 g/mol. The number of aryl methyl sites for hydroxylation is 1. The summed E-state index contributed by atoms with van der Waals surface area (Å²) in [5.74, 6) is 1.27. The van der Waals surface area contributed by atoms with Gasteiger partial charge in [-0.25, -0.2) is 0 Å². The standard InChI is InChI=1S/C21H24N4OS2/c1-3-13-9-10-16-15(11-13)12-17(27-16)20-23-24-21(25(20)2)28-18(19(22)26)14-7-5-4-6-8-14/h4-8,12-13,18H,3,9-11H2,1-2H3,(H2,22,26). The molecule has 0 saturated carbocycles. The Morgan fingerprint density at radius 3 is 2.86 bits per heavy atom. The van der Waals surface area contributed by atoms with Crippen molar-refractivity contribution in [2.45, 2.75) is 43.0 Å². The molecule has 0 aliphatic heterocycles. The molecule has 1 amide bonds. The van der Waals surface area contributed by atoms with Gasteiger partial charge in [0.2, 0.25) is 5.91 Å². The fraction of sp³-hybridized carbons (Fsp3) is 0.381. The lowest BCUT2D eigenvalue weighted by atomic mass is 9.87. The number of fused-ring (bicyclic) bond motifs is 1. The number of amides is 1. The number of carbonyl (C=O) groups is 1. The summed E-state index contributed by atoms with van der Waals surface area (Å²) in [6.45, 7) is 2.27. The summed E-state index contributed by atoms with van der Waals surface area (Å²) in [6.07, 6.45) is 4.85. The SMILES string of the molecule is CCC1CCc2sc(-c3nnc(SC(C(N)=O)c4ccccc4)n3C)cc2C1. The van der Waals surface area contributed by atoms with E-state index in [1.165, 1.54) is 41.5 Å². The van der Waals surface area contributed by atoms with Crippen LogP contribution in [-0.2, 0) is 24.7 Å². The molecule has 146 valence electrons. The van der Waals surface area contributed by atoms with Gasteiger partial charge in [-0.15, -0.1) is 21.5 Å². The summed E-state index contributed by atoms with van der Waals surface area (Å²) in [7, 11) is 1.95. The number of primary amides is 1. The highest BCUT2D eigenvalue weighted by atomic mass is 32.2. The average Bonchev–Trinajstić information content (AvgIpc) is 3.28. The summed E-state index contributed by atoms with van der Waals surface area (Å²) in [5, 5.41) is 8.98. The topological polar surface area (TPSA) is 73.8 Å². The first-order valence-corrected chi connectivity index (χ1v) is 11.3. The Bertz CT molecular complexity index is 980. The maximum Gasteiger partial charge on any atom is 0.235 e. The molecule has 1 aliphatic carbocycles. The zero-order chi connectivity index (χ0) is 19.7. The predicted octanol–water partition coefficient (Wildman–Crippen LogP) is 4.38. The third kappa shape index (κ3) is 3.73. The van der Waals surface area contributed by atoms with Crippen LogP contribution in [0.15, 0.2) is 41.6 Å². The van der Waals surface area contributed by atoms with E-state index in [-0.39, 0.29) is 5.91 Å². The second-order valence-corrected chi connectivity index (χ2v) is 9.46. The predicted molar refractivity (Wildman–Crippen MR) is 114 cm³/mol. The lowest BCUT2D eigenvalue weighted by molar-refractivity contribution is -0.117. The number of nitrogens with zero attached hydrogens (tertiary/aromatic N) is 3. The third-order valence-corrected chi connectivity index (χ3v) is 7.94. The number of aromatic nitrogens is 3. The first-order chi connectivity index (χ1) is 13.6. The van der Waals surface area contributed by atoms with Gasteiger partial charge in [0.1, 0.15) is 5.25 Å². The van der Waals surface area contributed by atoms with Gasteiger partial charge in [0.25, 0.3) is 0 Å². The average molecular weight is 413 g/mol. The van der Waals surface area contributed by atoms with Crippen molar-refractivity contribution in [1.29, 1.82) is 0 Å². The van der Waals surface area contributed by atoms with Crippen molar-refractivity contribution >= 4 is 29.0 Å². The Balaban J connectivity index is 1.60. The summed E-state index contributed by atoms with van der Waals surface area (Å²) in [5.41, 5.74) is 8.01. The highest BCUT2D eigenvalue weighted by molar-refractivity contribution is 8.00. The van der Waals surface area contributed by atoms with Crippen molar-refractivity contribution in [2.75, 3.05) is 0 Å². The van der Waals surface area contributed by atoms with Crippen LogP contribution >= 0.6 is 23.1 Å². The van der Waals surface area contributed by atoms with Crippen LogP contribution in [0.2, 0.25) is 0 Å². The van der Waals surface area contributed by atoms with Crippen LogP contribution in [0.1, 0.15) is 41.0 Å². The summed E-state index contributed by atoms with van der Waals surface area (Å²) < 4.78 is 1.97. The van der Waals surface area contributed by atoms with E-state index in [9.17, 15) is 4.79 Å². The second kappa shape index (κ2) is 8.09. The number of thioether (sulfide) groups is 1. The molecule has 7 heteroatoms. The molecule has 0 saturated heterocycles. The molecule has 0 radical (unpaired) electrons. The Labute approximate surface area is 173 Å². The molecular formula is C21H24N4OS2. The second-order valence-electron chi connectivity index (χ2n) is 7.25. The fourth-order valence-corrected chi connectivity index (χ4v) is 5.90. The number of benzene rings is 1. The van der Waals surface area contributed by atoms with E-state index in [1.807, 2.05) is 53.3 Å². The number of hydrogen-bond acceptors (Lipinski definition) is 5. The Morgan fingerprint density at radius 2 is 2.14 bits per heavy atom. The van der Waals surface area contributed by atoms with Crippen LogP contribution in [0.4, 0.5) is 0 Å². The van der Waals surface area contributed by atoms with Gasteiger partial charge in [-0.1, -0.05) is 55.4 Å². The van der Waals surface area contributed by atoms with E-state index >= 15 is 0 Å². The number of carbonyl (C=O) groups excluding carboxylic acids is 1. The molecule has 0 bridgehead atoms. The highest BCUT2D eigenvalue weighted by Crippen LogP contribution is 2.39. The minimum absolute atomic E-state index is 0.377. The molecule has 2 atom stereocenters. The van der Waals surface area contributed by atoms with Gasteiger partial charge in [-0.2, -0.15) is 0 Å². The minimum atomic E-state index is -0.487. The van der Waals surface area contributed by atoms with Crippen molar-refractivity contribution in [1.82, 2.24) is 14.8 Å². The van der Waals surface area contributed by atoms with Crippen LogP contribution in [0.25, 0.3) is 10.7 Å². The van der Waals surface area contributed by atoms with Crippen LogP contribution in [0.5, 0.6) is 0 Å². The van der Waals surface area contributed by atoms with E-state index in [1.54, 1.807) is 0 Å². The number of hydrogen-bond donors (Lipinski definition) is 1. The van der Waals surface area contributed by atoms with Crippen LogP contribution in [0.3, 0.4) is 0 Å². The highest BCUT2D eigenvalue weighted by Gasteiger charge is 2.25. The molecule has 5 nitrogen and oxygen atoms in total. The van der Waals surface area contributed by atoms with E-state index in [2.05, 4.69) is 23.2 Å². The number of thiophene rings is 1. The Hall–Kier alpha value is -2.12. The quantitative estimate of drug-likeness (QED) is 0.610. The maximum atomic E-state index is 12.0. The normalized spacial score (nSPS) is 17.3. The fourth-order valence-electron chi connectivity index (χ4n) is 3.71. The van der Waals surface area contributed by atoms with Gasteiger partial charge in [0.05, 0.1) is 4.88 Å². The summed E-state index contributed by atoms with van der Waals surface area (Å²) in [4.78, 5) is 14.7. The van der Waals surface area contributed by atoms with E-state index in [0.29, 0.717) is 5.16 Å². The largest absolute Gasteiger partial charge is 0.368 e. The van der Waals surface area contributed by atoms with Crippen LogP contribution in [-0.4, -0.2) is 20.7 Å².